The fourth-order valence-corrected chi connectivity index (χ4v) is 2.74. The second-order valence-corrected chi connectivity index (χ2v) is 4.58. The van der Waals surface area contributed by atoms with Gasteiger partial charge in [0.15, 0.2) is 0 Å². The zero-order valence-corrected chi connectivity index (χ0v) is 10.1. The van der Waals surface area contributed by atoms with Crippen molar-refractivity contribution < 1.29 is 0 Å². The van der Waals surface area contributed by atoms with Gasteiger partial charge in [0.2, 0.25) is 0 Å². The first-order chi connectivity index (χ1) is 6.68. The third-order valence-corrected chi connectivity index (χ3v) is 4.00. The highest BCUT2D eigenvalue weighted by molar-refractivity contribution is 4.96. The van der Waals surface area contributed by atoms with Crippen LogP contribution in [0.25, 0.3) is 0 Å². The van der Waals surface area contributed by atoms with Gasteiger partial charge in [-0.15, -0.1) is 0 Å². The molecule has 14 heavy (non-hydrogen) atoms. The van der Waals surface area contributed by atoms with Gasteiger partial charge in [0.25, 0.3) is 0 Å². The smallest absolute Gasteiger partial charge is 0.0306 e. The molecule has 1 atom stereocenters. The van der Waals surface area contributed by atoms with Crippen LogP contribution >= 0.6 is 0 Å². The van der Waals surface area contributed by atoms with E-state index < -0.39 is 0 Å². The molecule has 2 nitrogen and oxygen atoms in total. The molecular weight excluding hydrogens is 172 g/mol. The Morgan fingerprint density at radius 3 is 2.36 bits per heavy atom. The highest BCUT2D eigenvalue weighted by Crippen LogP contribution is 2.28. The number of likely N-dealkylation sites (N-methyl/N-ethyl adjacent to an activating group) is 1. The second-order valence-electron chi connectivity index (χ2n) is 4.58. The predicted molar refractivity (Wildman–Crippen MR) is 62.4 cm³/mol. The van der Waals surface area contributed by atoms with Crippen molar-refractivity contribution in [1.82, 2.24) is 4.90 Å². The Kier molecular flexibility index (Phi) is 4.39. The summed E-state index contributed by atoms with van der Waals surface area (Å²) < 4.78 is 0. The quantitative estimate of drug-likeness (QED) is 0.751. The van der Waals surface area contributed by atoms with E-state index >= 15 is 0 Å². The summed E-state index contributed by atoms with van der Waals surface area (Å²) in [5.41, 5.74) is 6.55. The van der Waals surface area contributed by atoms with E-state index in [1.165, 1.54) is 25.8 Å². The first-order valence-corrected chi connectivity index (χ1v) is 6.20. The van der Waals surface area contributed by atoms with Crippen LogP contribution in [0.4, 0.5) is 0 Å². The van der Waals surface area contributed by atoms with Crippen LogP contribution in [0.15, 0.2) is 0 Å². The Bertz CT molecular complexity index is 164. The van der Waals surface area contributed by atoms with Crippen molar-refractivity contribution in [2.24, 2.45) is 5.73 Å². The van der Waals surface area contributed by atoms with Gasteiger partial charge in [-0.1, -0.05) is 27.2 Å². The van der Waals surface area contributed by atoms with Gasteiger partial charge in [0.1, 0.15) is 0 Å². The molecule has 1 fully saturated rings. The van der Waals surface area contributed by atoms with E-state index in [0.29, 0.717) is 6.04 Å². The van der Waals surface area contributed by atoms with Gasteiger partial charge in [-0.25, -0.2) is 0 Å². The van der Waals surface area contributed by atoms with Crippen LogP contribution in [0.3, 0.4) is 0 Å². The molecule has 0 spiro atoms. The molecule has 0 aromatic carbocycles. The van der Waals surface area contributed by atoms with Crippen LogP contribution in [0.5, 0.6) is 0 Å². The number of hydrogen-bond acceptors (Lipinski definition) is 2. The lowest BCUT2D eigenvalue weighted by Crippen LogP contribution is -2.59. The fraction of sp³-hybridized carbons (Fsp3) is 1.00. The highest BCUT2D eigenvalue weighted by Gasteiger charge is 2.36. The number of piperidine rings is 1. The molecule has 0 radical (unpaired) electrons. The van der Waals surface area contributed by atoms with Gasteiger partial charge < -0.3 is 5.73 Å². The van der Waals surface area contributed by atoms with Crippen molar-refractivity contribution >= 4 is 0 Å². The van der Waals surface area contributed by atoms with E-state index in [1.807, 2.05) is 0 Å². The predicted octanol–water partition coefficient (Wildman–Crippen LogP) is 2.38. The second kappa shape index (κ2) is 5.13. The van der Waals surface area contributed by atoms with E-state index in [1.54, 1.807) is 0 Å². The molecule has 0 aromatic rings. The zero-order chi connectivity index (χ0) is 10.6. The minimum absolute atomic E-state index is 0.0520. The minimum Gasteiger partial charge on any atom is -0.324 e. The van der Waals surface area contributed by atoms with Gasteiger partial charge >= 0.3 is 0 Å². The van der Waals surface area contributed by atoms with Crippen molar-refractivity contribution in [3.63, 3.8) is 0 Å². The molecule has 84 valence electrons. The summed E-state index contributed by atoms with van der Waals surface area (Å²) in [5, 5.41) is 0. The van der Waals surface area contributed by atoms with Crippen LogP contribution in [0.2, 0.25) is 0 Å². The Labute approximate surface area is 88.8 Å². The Morgan fingerprint density at radius 2 is 1.86 bits per heavy atom. The molecule has 0 bridgehead atoms. The van der Waals surface area contributed by atoms with Crippen molar-refractivity contribution in [2.45, 2.75) is 64.5 Å². The summed E-state index contributed by atoms with van der Waals surface area (Å²) in [4.78, 5) is 2.58. The molecule has 1 rings (SSSR count). The molecule has 0 aromatic heterocycles. The van der Waals surface area contributed by atoms with E-state index in [0.717, 1.165) is 19.4 Å². The number of rotatable bonds is 4. The normalized spacial score (nSPS) is 25.3. The van der Waals surface area contributed by atoms with Crippen LogP contribution in [-0.4, -0.2) is 29.6 Å². The van der Waals surface area contributed by atoms with E-state index in [2.05, 4.69) is 25.7 Å². The summed E-state index contributed by atoms with van der Waals surface area (Å²) in [5.74, 6) is 0. The van der Waals surface area contributed by atoms with Gasteiger partial charge in [-0.05, 0) is 38.8 Å². The van der Waals surface area contributed by atoms with Gasteiger partial charge in [-0.2, -0.15) is 0 Å². The maximum Gasteiger partial charge on any atom is 0.0306 e. The summed E-state index contributed by atoms with van der Waals surface area (Å²) in [7, 11) is 0. The van der Waals surface area contributed by atoms with Gasteiger partial charge in [0, 0.05) is 11.6 Å². The van der Waals surface area contributed by atoms with Crippen molar-refractivity contribution in [3.05, 3.63) is 0 Å². The molecule has 0 amide bonds. The van der Waals surface area contributed by atoms with Crippen LogP contribution in [0, 0.1) is 0 Å². The van der Waals surface area contributed by atoms with Crippen LogP contribution < -0.4 is 5.73 Å². The lowest BCUT2D eigenvalue weighted by molar-refractivity contribution is 0.0812. The topological polar surface area (TPSA) is 29.3 Å². The average Bonchev–Trinajstić information content (AvgIpc) is 2.28. The van der Waals surface area contributed by atoms with E-state index in [-0.39, 0.29) is 5.54 Å². The Hall–Kier alpha value is -0.0800. The highest BCUT2D eigenvalue weighted by atomic mass is 15.2. The van der Waals surface area contributed by atoms with Crippen LogP contribution in [-0.2, 0) is 0 Å². The minimum atomic E-state index is 0.0520. The van der Waals surface area contributed by atoms with Crippen molar-refractivity contribution in [3.8, 4) is 0 Å². The maximum absolute atomic E-state index is 6.50. The first kappa shape index (κ1) is 12.0. The van der Waals surface area contributed by atoms with Gasteiger partial charge in [0.05, 0.1) is 0 Å². The van der Waals surface area contributed by atoms with E-state index in [9.17, 15) is 0 Å². The third kappa shape index (κ3) is 2.29. The summed E-state index contributed by atoms with van der Waals surface area (Å²) in [6.45, 7) is 9.12. The lowest BCUT2D eigenvalue weighted by atomic mass is 9.80. The number of nitrogens with two attached hydrogens (primary N) is 1. The summed E-state index contributed by atoms with van der Waals surface area (Å²) >= 11 is 0. The summed E-state index contributed by atoms with van der Waals surface area (Å²) in [6, 6.07) is 0.622. The number of likely N-dealkylation sites (tertiary alicyclic amines) is 1. The molecule has 2 heteroatoms. The Morgan fingerprint density at radius 1 is 1.21 bits per heavy atom. The monoisotopic (exact) mass is 198 g/mol. The molecule has 1 heterocycles. The molecular formula is C12H26N2. The van der Waals surface area contributed by atoms with E-state index in [4.69, 9.17) is 5.73 Å². The molecule has 0 aliphatic carbocycles. The largest absolute Gasteiger partial charge is 0.324 e. The molecule has 1 unspecified atom stereocenters. The molecule has 0 saturated carbocycles. The van der Waals surface area contributed by atoms with Crippen molar-refractivity contribution in [2.75, 3.05) is 13.1 Å². The van der Waals surface area contributed by atoms with Gasteiger partial charge in [-0.3, -0.25) is 4.90 Å². The fourth-order valence-electron chi connectivity index (χ4n) is 2.74. The summed E-state index contributed by atoms with van der Waals surface area (Å²) in [6.07, 6.45) is 6.22. The lowest BCUT2D eigenvalue weighted by Gasteiger charge is -2.45. The molecule has 1 aliphatic rings. The first-order valence-electron chi connectivity index (χ1n) is 6.20. The molecule has 1 saturated heterocycles. The van der Waals surface area contributed by atoms with Crippen molar-refractivity contribution in [1.29, 1.82) is 0 Å². The number of hydrogen-bond donors (Lipinski definition) is 1. The maximum atomic E-state index is 6.50. The third-order valence-electron chi connectivity index (χ3n) is 4.00. The Balaban J connectivity index is 2.70. The molecule has 2 N–H and O–H groups in total. The van der Waals surface area contributed by atoms with Crippen LogP contribution in [0.1, 0.15) is 52.9 Å². The molecule has 1 aliphatic heterocycles. The number of nitrogens with zero attached hydrogens (tertiary/aromatic N) is 1. The zero-order valence-electron chi connectivity index (χ0n) is 10.1. The SMILES string of the molecule is CCN1CCCCC1C(N)(CC)CC. The standard InChI is InChI=1S/C12H26N2/c1-4-12(13,5-2)11-9-7-8-10-14(11)6-3/h11H,4-10,13H2,1-3H3. The average molecular weight is 198 g/mol.